The molecule has 1 aliphatic heterocycles. The number of thiazole rings is 1. The molecule has 1 N–H and O–H groups in total. The summed E-state index contributed by atoms with van der Waals surface area (Å²) in [6.07, 6.45) is 0. The Labute approximate surface area is 169 Å². The zero-order chi connectivity index (χ0) is 19.3. The first-order chi connectivity index (χ1) is 13.7. The Morgan fingerprint density at radius 3 is 2.54 bits per heavy atom. The van der Waals surface area contributed by atoms with Gasteiger partial charge in [0.2, 0.25) is 0 Å². The van der Waals surface area contributed by atoms with Gasteiger partial charge in [-0.2, -0.15) is 0 Å². The molecule has 1 saturated heterocycles. The Kier molecular flexibility index (Phi) is 5.81. The lowest BCUT2D eigenvalue weighted by atomic mass is 10.2. The minimum atomic E-state index is -0.185. The number of carbonyl (C=O) groups excluding carboxylic acids is 1. The molecule has 0 radical (unpaired) electrons. The minimum Gasteiger partial charge on any atom is -0.379 e. The molecule has 1 fully saturated rings. The van der Waals surface area contributed by atoms with Crippen LogP contribution in [0.3, 0.4) is 0 Å². The summed E-state index contributed by atoms with van der Waals surface area (Å²) in [5.41, 5.74) is 4.69. The first-order valence-electron chi connectivity index (χ1n) is 9.40. The van der Waals surface area contributed by atoms with Gasteiger partial charge in [-0.05, 0) is 24.6 Å². The predicted octanol–water partition coefficient (Wildman–Crippen LogP) is 4.20. The van der Waals surface area contributed by atoms with Crippen molar-refractivity contribution >= 4 is 22.9 Å². The summed E-state index contributed by atoms with van der Waals surface area (Å²) in [6.45, 7) is 6.48. The molecule has 0 atom stereocenters. The number of ether oxygens (including phenoxy) is 1. The van der Waals surface area contributed by atoms with Crippen molar-refractivity contribution in [1.29, 1.82) is 0 Å². The van der Waals surface area contributed by atoms with E-state index in [1.165, 1.54) is 22.5 Å². The molecule has 0 saturated carbocycles. The van der Waals surface area contributed by atoms with Crippen molar-refractivity contribution in [2.45, 2.75) is 13.5 Å². The molecule has 2 heterocycles. The van der Waals surface area contributed by atoms with Crippen LogP contribution in [0, 0.1) is 6.92 Å². The second-order valence-electron chi connectivity index (χ2n) is 6.94. The third-order valence-electron chi connectivity index (χ3n) is 4.76. The number of rotatable bonds is 5. The van der Waals surface area contributed by atoms with Crippen molar-refractivity contribution in [3.63, 3.8) is 0 Å². The molecular weight excluding hydrogens is 370 g/mol. The molecule has 2 aromatic carbocycles. The molecule has 0 aliphatic carbocycles. The van der Waals surface area contributed by atoms with Crippen LogP contribution in [0.5, 0.6) is 0 Å². The van der Waals surface area contributed by atoms with Gasteiger partial charge in [-0.25, -0.2) is 4.98 Å². The Morgan fingerprint density at radius 2 is 1.82 bits per heavy atom. The molecule has 4 rings (SSSR count). The van der Waals surface area contributed by atoms with Crippen molar-refractivity contribution in [2.24, 2.45) is 0 Å². The largest absolute Gasteiger partial charge is 0.379 e. The smallest absolute Gasteiger partial charge is 0.275 e. The summed E-state index contributed by atoms with van der Waals surface area (Å²) in [5, 5.41) is 5.59. The van der Waals surface area contributed by atoms with Crippen molar-refractivity contribution in [3.8, 4) is 10.6 Å². The molecule has 0 spiro atoms. The summed E-state index contributed by atoms with van der Waals surface area (Å²) < 4.78 is 5.38. The van der Waals surface area contributed by atoms with Crippen LogP contribution in [-0.4, -0.2) is 42.1 Å². The van der Waals surface area contributed by atoms with Crippen molar-refractivity contribution in [3.05, 3.63) is 70.7 Å². The standard InChI is InChI=1S/C22H23N3O2S/c1-16-2-6-18(7-3-16)22-24-20(15-28-22)21(26)23-19-8-4-17(5-9-19)14-25-10-12-27-13-11-25/h2-9,15H,10-14H2,1H3,(H,23,26). The Bertz CT molecular complexity index is 929. The molecule has 144 valence electrons. The molecule has 0 unspecified atom stereocenters. The number of hydrogen-bond donors (Lipinski definition) is 1. The van der Waals surface area contributed by atoms with Crippen molar-refractivity contribution < 1.29 is 9.53 Å². The van der Waals surface area contributed by atoms with Gasteiger partial charge >= 0.3 is 0 Å². The number of aryl methyl sites for hydroxylation is 1. The van der Waals surface area contributed by atoms with E-state index in [1.54, 1.807) is 5.38 Å². The normalized spacial score (nSPS) is 14.8. The SMILES string of the molecule is Cc1ccc(-c2nc(C(=O)Nc3ccc(CN4CCOCC4)cc3)cs2)cc1. The molecule has 1 amide bonds. The van der Waals surface area contributed by atoms with E-state index >= 15 is 0 Å². The molecule has 0 bridgehead atoms. The highest BCUT2D eigenvalue weighted by Gasteiger charge is 2.13. The van der Waals surface area contributed by atoms with Gasteiger partial charge in [-0.3, -0.25) is 9.69 Å². The molecule has 1 aromatic heterocycles. The summed E-state index contributed by atoms with van der Waals surface area (Å²) in [5.74, 6) is -0.185. The van der Waals surface area contributed by atoms with Gasteiger partial charge in [0.15, 0.2) is 0 Å². The molecule has 3 aromatic rings. The summed E-state index contributed by atoms with van der Waals surface area (Å²) >= 11 is 1.48. The average Bonchev–Trinajstić information content (AvgIpc) is 3.21. The molecule has 5 nitrogen and oxygen atoms in total. The highest BCUT2D eigenvalue weighted by Crippen LogP contribution is 2.24. The summed E-state index contributed by atoms with van der Waals surface area (Å²) in [7, 11) is 0. The number of nitrogens with one attached hydrogen (secondary N) is 1. The van der Waals surface area contributed by atoms with Gasteiger partial charge in [0.25, 0.3) is 5.91 Å². The van der Waals surface area contributed by atoms with Crippen LogP contribution in [0.1, 0.15) is 21.6 Å². The zero-order valence-corrected chi connectivity index (χ0v) is 16.7. The average molecular weight is 394 g/mol. The zero-order valence-electron chi connectivity index (χ0n) is 15.9. The number of hydrogen-bond acceptors (Lipinski definition) is 5. The van der Waals surface area contributed by atoms with Gasteiger partial charge < -0.3 is 10.1 Å². The third-order valence-corrected chi connectivity index (χ3v) is 5.65. The maximum absolute atomic E-state index is 12.5. The Morgan fingerprint density at radius 1 is 1.11 bits per heavy atom. The first-order valence-corrected chi connectivity index (χ1v) is 10.3. The van der Waals surface area contributed by atoms with E-state index in [0.29, 0.717) is 5.69 Å². The van der Waals surface area contributed by atoms with Crippen LogP contribution < -0.4 is 5.32 Å². The topological polar surface area (TPSA) is 54.5 Å². The van der Waals surface area contributed by atoms with Crippen molar-refractivity contribution in [1.82, 2.24) is 9.88 Å². The van der Waals surface area contributed by atoms with Crippen LogP contribution in [0.2, 0.25) is 0 Å². The first kappa shape index (κ1) is 18.8. The highest BCUT2D eigenvalue weighted by molar-refractivity contribution is 7.13. The van der Waals surface area contributed by atoms with E-state index in [9.17, 15) is 4.79 Å². The van der Waals surface area contributed by atoms with Gasteiger partial charge in [0.05, 0.1) is 13.2 Å². The van der Waals surface area contributed by atoms with Crippen LogP contribution in [0.4, 0.5) is 5.69 Å². The maximum atomic E-state index is 12.5. The lowest BCUT2D eigenvalue weighted by Gasteiger charge is -2.26. The van der Waals surface area contributed by atoms with Gasteiger partial charge in [0.1, 0.15) is 10.7 Å². The summed E-state index contributed by atoms with van der Waals surface area (Å²) in [6, 6.07) is 16.2. The molecule has 1 aliphatic rings. The number of carbonyl (C=O) groups is 1. The van der Waals surface area contributed by atoms with Crippen molar-refractivity contribution in [2.75, 3.05) is 31.6 Å². The minimum absolute atomic E-state index is 0.185. The van der Waals surface area contributed by atoms with E-state index in [-0.39, 0.29) is 5.91 Å². The number of nitrogens with zero attached hydrogens (tertiary/aromatic N) is 2. The summed E-state index contributed by atoms with van der Waals surface area (Å²) in [4.78, 5) is 19.4. The lowest BCUT2D eigenvalue weighted by Crippen LogP contribution is -2.35. The Balaban J connectivity index is 1.37. The van der Waals surface area contributed by atoms with Crippen LogP contribution in [0.25, 0.3) is 10.6 Å². The number of morpholine rings is 1. The Hall–Kier alpha value is -2.54. The molecule has 6 heteroatoms. The number of amides is 1. The fourth-order valence-corrected chi connectivity index (χ4v) is 3.92. The number of aromatic nitrogens is 1. The maximum Gasteiger partial charge on any atom is 0.275 e. The van der Waals surface area contributed by atoms with Gasteiger partial charge in [-0.15, -0.1) is 11.3 Å². The number of benzene rings is 2. The molecule has 28 heavy (non-hydrogen) atoms. The van der Waals surface area contributed by atoms with E-state index in [4.69, 9.17) is 4.74 Å². The van der Waals surface area contributed by atoms with Gasteiger partial charge in [0, 0.05) is 36.3 Å². The highest BCUT2D eigenvalue weighted by atomic mass is 32.1. The fourth-order valence-electron chi connectivity index (χ4n) is 3.11. The number of anilines is 1. The van der Waals surface area contributed by atoms with E-state index in [2.05, 4.69) is 46.4 Å². The lowest BCUT2D eigenvalue weighted by molar-refractivity contribution is 0.0342. The van der Waals surface area contributed by atoms with Crippen LogP contribution >= 0.6 is 11.3 Å². The fraction of sp³-hybridized carbons (Fsp3) is 0.273. The predicted molar refractivity (Wildman–Crippen MR) is 113 cm³/mol. The van der Waals surface area contributed by atoms with E-state index in [0.717, 1.165) is 49.1 Å². The quantitative estimate of drug-likeness (QED) is 0.706. The van der Waals surface area contributed by atoms with Gasteiger partial charge in [-0.1, -0.05) is 42.0 Å². The molecular formula is C22H23N3O2S. The van der Waals surface area contributed by atoms with Crippen LogP contribution in [-0.2, 0) is 11.3 Å². The monoisotopic (exact) mass is 393 g/mol. The van der Waals surface area contributed by atoms with E-state index in [1.807, 2.05) is 24.3 Å². The second-order valence-corrected chi connectivity index (χ2v) is 7.80. The third kappa shape index (κ3) is 4.65. The second kappa shape index (κ2) is 8.65. The van der Waals surface area contributed by atoms with Crippen LogP contribution in [0.15, 0.2) is 53.9 Å². The van der Waals surface area contributed by atoms with E-state index < -0.39 is 0 Å².